The van der Waals surface area contributed by atoms with Crippen LogP contribution >= 0.6 is 0 Å². The number of aliphatic imine (C=N–C) groups is 2. The fraction of sp³-hybridized carbons (Fsp3) is 0.222. The van der Waals surface area contributed by atoms with Gasteiger partial charge in [-0.25, -0.2) is 0 Å². The Morgan fingerprint density at radius 2 is 1.58 bits per heavy atom. The first-order valence-electron chi connectivity index (χ1n) is 10.5. The maximum Gasteiger partial charge on any atom is 0.159 e. The van der Waals surface area contributed by atoms with E-state index in [1.807, 2.05) is 84.9 Å². The number of hydrogen-bond donors (Lipinski definition) is 0. The van der Waals surface area contributed by atoms with Crippen LogP contribution in [-0.4, -0.2) is 18.9 Å². The number of hydrogen-bond acceptors (Lipinski definition) is 4. The summed E-state index contributed by atoms with van der Waals surface area (Å²) in [5.41, 5.74) is 3.34. The topological polar surface area (TPSA) is 43.2 Å². The average molecular weight is 409 g/mol. The number of para-hydroxylation sites is 2. The van der Waals surface area contributed by atoms with Gasteiger partial charge in [0.15, 0.2) is 6.29 Å². The van der Waals surface area contributed by atoms with E-state index in [4.69, 9.17) is 9.47 Å². The lowest BCUT2D eigenvalue weighted by Gasteiger charge is -2.26. The second-order valence-electron chi connectivity index (χ2n) is 7.17. The highest BCUT2D eigenvalue weighted by molar-refractivity contribution is 5.61. The minimum Gasteiger partial charge on any atom is -0.353 e. The van der Waals surface area contributed by atoms with Gasteiger partial charge in [0.25, 0.3) is 0 Å². The minimum absolute atomic E-state index is 0.265. The van der Waals surface area contributed by atoms with E-state index in [0.29, 0.717) is 6.61 Å². The first-order valence-corrected chi connectivity index (χ1v) is 10.5. The molecule has 1 aliphatic heterocycles. The zero-order valence-electron chi connectivity index (χ0n) is 17.3. The lowest BCUT2D eigenvalue weighted by atomic mass is 10.1. The molecule has 0 amide bonds. The van der Waals surface area contributed by atoms with Crippen molar-refractivity contribution in [3.8, 4) is 11.8 Å². The van der Waals surface area contributed by atoms with E-state index in [1.165, 1.54) is 0 Å². The van der Waals surface area contributed by atoms with E-state index in [2.05, 4.69) is 27.8 Å². The summed E-state index contributed by atoms with van der Waals surface area (Å²) in [5.74, 6) is 6.50. The van der Waals surface area contributed by atoms with Gasteiger partial charge in [0.1, 0.15) is 12.1 Å². The third-order valence-corrected chi connectivity index (χ3v) is 4.87. The van der Waals surface area contributed by atoms with Crippen LogP contribution < -0.4 is 0 Å². The van der Waals surface area contributed by atoms with Gasteiger partial charge in [-0.15, -0.1) is 0 Å². The van der Waals surface area contributed by atoms with Gasteiger partial charge in [0, 0.05) is 17.7 Å². The maximum atomic E-state index is 6.29. The minimum atomic E-state index is -0.471. The molecule has 4 rings (SSSR count). The van der Waals surface area contributed by atoms with Crippen molar-refractivity contribution in [2.75, 3.05) is 6.61 Å². The molecule has 4 heteroatoms. The molecule has 4 nitrogen and oxygen atoms in total. The molecule has 0 radical (unpaired) electrons. The van der Waals surface area contributed by atoms with E-state index in [9.17, 15) is 0 Å². The normalized spacial score (nSPS) is 16.3. The Hall–Kier alpha value is -3.48. The quantitative estimate of drug-likeness (QED) is 0.359. The molecular weight excluding hydrogens is 384 g/mol. The summed E-state index contributed by atoms with van der Waals surface area (Å²) in [7, 11) is 0. The van der Waals surface area contributed by atoms with Crippen molar-refractivity contribution < 1.29 is 9.47 Å². The van der Waals surface area contributed by atoms with Crippen LogP contribution in [0.25, 0.3) is 0 Å². The van der Waals surface area contributed by atoms with Crippen LogP contribution in [0.1, 0.15) is 36.5 Å². The molecule has 0 saturated carbocycles. The molecule has 0 aromatic heterocycles. The maximum absolute atomic E-state index is 6.29. The fourth-order valence-corrected chi connectivity index (χ4v) is 3.28. The lowest BCUT2D eigenvalue weighted by molar-refractivity contribution is -0.177. The van der Waals surface area contributed by atoms with Crippen LogP contribution in [0, 0.1) is 11.8 Å². The van der Waals surface area contributed by atoms with Crippen molar-refractivity contribution in [3.05, 3.63) is 96.1 Å². The highest BCUT2D eigenvalue weighted by Crippen LogP contribution is 2.30. The van der Waals surface area contributed by atoms with Crippen molar-refractivity contribution in [2.45, 2.75) is 31.7 Å². The van der Waals surface area contributed by atoms with Gasteiger partial charge in [0.2, 0.25) is 0 Å². The predicted molar refractivity (Wildman–Crippen MR) is 123 cm³/mol. The fourth-order valence-electron chi connectivity index (χ4n) is 3.28. The zero-order valence-corrected chi connectivity index (χ0v) is 17.3. The Balaban J connectivity index is 1.64. The van der Waals surface area contributed by atoms with Gasteiger partial charge in [0.05, 0.1) is 11.4 Å². The smallest absolute Gasteiger partial charge is 0.159 e. The highest BCUT2D eigenvalue weighted by atomic mass is 16.7. The van der Waals surface area contributed by atoms with E-state index in [0.717, 1.165) is 41.8 Å². The molecule has 2 unspecified atom stereocenters. The van der Waals surface area contributed by atoms with Gasteiger partial charge >= 0.3 is 0 Å². The third-order valence-electron chi connectivity index (χ3n) is 4.87. The Kier molecular flexibility index (Phi) is 7.41. The summed E-state index contributed by atoms with van der Waals surface area (Å²) in [6.07, 6.45) is 2.29. The Morgan fingerprint density at radius 1 is 0.839 bits per heavy atom. The number of ether oxygens (including phenoxy) is 2. The molecular formula is C27H24N2O2. The highest BCUT2D eigenvalue weighted by Gasteiger charge is 2.21. The summed E-state index contributed by atoms with van der Waals surface area (Å²) in [4.78, 5) is 8.76. The van der Waals surface area contributed by atoms with Crippen LogP contribution in [0.5, 0.6) is 0 Å². The molecule has 31 heavy (non-hydrogen) atoms. The van der Waals surface area contributed by atoms with Crippen molar-refractivity contribution in [3.63, 3.8) is 0 Å². The van der Waals surface area contributed by atoms with E-state index >= 15 is 0 Å². The standard InChI is InChI=1S/C27H24N2O2/c1-3-11-22(12-4-1)18-19-26(31-27-17-9-10-20-30-27)24-15-7-8-16-25(24)29-21-28-23-13-5-2-6-14-23/h1-8,11-16,26-27H,9-10,17,20H2. The van der Waals surface area contributed by atoms with Gasteiger partial charge in [-0.2, -0.15) is 9.98 Å². The SMILES string of the molecule is C(=Nc1ccccc1)=Nc1ccccc1C(C#Cc1ccccc1)OC1CCCCO1. The first-order chi connectivity index (χ1) is 15.4. The summed E-state index contributed by atoms with van der Waals surface area (Å²) in [6.45, 7) is 0.715. The van der Waals surface area contributed by atoms with Crippen molar-refractivity contribution in [2.24, 2.45) is 9.98 Å². The number of rotatable bonds is 5. The van der Waals surface area contributed by atoms with Gasteiger partial charge in [-0.1, -0.05) is 66.4 Å². The van der Waals surface area contributed by atoms with Crippen molar-refractivity contribution >= 4 is 17.4 Å². The van der Waals surface area contributed by atoms with Crippen molar-refractivity contribution in [1.29, 1.82) is 0 Å². The predicted octanol–water partition coefficient (Wildman–Crippen LogP) is 6.46. The van der Waals surface area contributed by atoms with Crippen molar-refractivity contribution in [1.82, 2.24) is 0 Å². The third kappa shape index (κ3) is 6.25. The Bertz CT molecular complexity index is 1090. The molecule has 0 spiro atoms. The summed E-state index contributed by atoms with van der Waals surface area (Å²) < 4.78 is 12.1. The van der Waals surface area contributed by atoms with Gasteiger partial charge in [-0.3, -0.25) is 0 Å². The molecule has 3 aromatic carbocycles. The Morgan fingerprint density at radius 3 is 2.35 bits per heavy atom. The Labute approximate surface area is 183 Å². The second-order valence-corrected chi connectivity index (χ2v) is 7.17. The van der Waals surface area contributed by atoms with Crippen LogP contribution in [0.2, 0.25) is 0 Å². The number of benzene rings is 3. The number of nitrogens with zero attached hydrogens (tertiary/aromatic N) is 2. The molecule has 1 aliphatic rings. The molecule has 3 aromatic rings. The average Bonchev–Trinajstić information content (AvgIpc) is 2.84. The van der Waals surface area contributed by atoms with Crippen LogP contribution in [0.15, 0.2) is 94.9 Å². The second kappa shape index (κ2) is 11.1. The molecule has 2 atom stereocenters. The molecule has 1 fully saturated rings. The van der Waals surface area contributed by atoms with Crippen LogP contribution in [0.4, 0.5) is 11.4 Å². The van der Waals surface area contributed by atoms with E-state index in [-0.39, 0.29) is 6.29 Å². The molecule has 0 bridgehead atoms. The monoisotopic (exact) mass is 408 g/mol. The molecule has 0 N–H and O–H groups in total. The summed E-state index contributed by atoms with van der Waals surface area (Å²) >= 11 is 0. The lowest BCUT2D eigenvalue weighted by Crippen LogP contribution is -2.24. The first kappa shape index (κ1) is 20.8. The van der Waals surface area contributed by atoms with E-state index in [1.54, 1.807) is 0 Å². The summed E-state index contributed by atoms with van der Waals surface area (Å²) in [6, 6.07) is 30.1. The van der Waals surface area contributed by atoms with Gasteiger partial charge in [-0.05, 0) is 49.6 Å². The van der Waals surface area contributed by atoms with E-state index < -0.39 is 6.10 Å². The molecule has 154 valence electrons. The largest absolute Gasteiger partial charge is 0.353 e. The summed E-state index contributed by atoms with van der Waals surface area (Å²) in [5, 5.41) is 0. The van der Waals surface area contributed by atoms with Crippen LogP contribution in [-0.2, 0) is 9.47 Å². The molecule has 1 heterocycles. The molecule has 0 aliphatic carbocycles. The zero-order chi connectivity index (χ0) is 21.1. The van der Waals surface area contributed by atoms with Gasteiger partial charge < -0.3 is 9.47 Å². The molecule has 1 saturated heterocycles. The van der Waals surface area contributed by atoms with Crippen LogP contribution in [0.3, 0.4) is 0 Å².